The number of nitro groups is 1. The number of carbonyl (C=O) groups excluding carboxylic acids is 2. The maximum Gasteiger partial charge on any atom is 0.313 e. The highest BCUT2D eigenvalue weighted by Crippen LogP contribution is 2.18. The summed E-state index contributed by atoms with van der Waals surface area (Å²) in [6, 6.07) is 5.99. The summed E-state index contributed by atoms with van der Waals surface area (Å²) in [6.45, 7) is 1.45. The van der Waals surface area contributed by atoms with E-state index >= 15 is 0 Å². The standard InChI is InChI=1S/C12H13NO5/c1-2-10(14)7-12(15)18-8-9-5-3-4-6-11(9)13(16)17/h3-6H,2,7-8H2,1H3. The fraction of sp³-hybridized carbons (Fsp3) is 0.333. The molecule has 0 aliphatic carbocycles. The van der Waals surface area contributed by atoms with Gasteiger partial charge in [-0.1, -0.05) is 19.1 Å². The van der Waals surface area contributed by atoms with Gasteiger partial charge in [-0.3, -0.25) is 19.7 Å². The summed E-state index contributed by atoms with van der Waals surface area (Å²) in [5.74, 6) is -0.887. The van der Waals surface area contributed by atoms with E-state index < -0.39 is 10.9 Å². The van der Waals surface area contributed by atoms with E-state index in [1.165, 1.54) is 18.2 Å². The number of hydrogen-bond acceptors (Lipinski definition) is 5. The molecular weight excluding hydrogens is 238 g/mol. The van der Waals surface area contributed by atoms with E-state index in [9.17, 15) is 19.7 Å². The van der Waals surface area contributed by atoms with Gasteiger partial charge in [-0.2, -0.15) is 0 Å². The van der Waals surface area contributed by atoms with Crippen molar-refractivity contribution >= 4 is 17.4 Å². The SMILES string of the molecule is CCC(=O)CC(=O)OCc1ccccc1[N+](=O)[O-]. The zero-order valence-electron chi connectivity index (χ0n) is 9.92. The van der Waals surface area contributed by atoms with E-state index in [1.54, 1.807) is 13.0 Å². The van der Waals surface area contributed by atoms with E-state index in [1.807, 2.05) is 0 Å². The lowest BCUT2D eigenvalue weighted by Crippen LogP contribution is -2.11. The molecule has 0 N–H and O–H groups in total. The van der Waals surface area contributed by atoms with Crippen molar-refractivity contribution in [3.63, 3.8) is 0 Å². The van der Waals surface area contributed by atoms with Crippen molar-refractivity contribution in [3.8, 4) is 0 Å². The van der Waals surface area contributed by atoms with Crippen molar-refractivity contribution < 1.29 is 19.2 Å². The molecule has 0 saturated heterocycles. The van der Waals surface area contributed by atoms with Gasteiger partial charge in [0.25, 0.3) is 5.69 Å². The Morgan fingerprint density at radius 3 is 2.61 bits per heavy atom. The topological polar surface area (TPSA) is 86.5 Å². The highest BCUT2D eigenvalue weighted by atomic mass is 16.6. The van der Waals surface area contributed by atoms with Crippen molar-refractivity contribution in [1.29, 1.82) is 0 Å². The van der Waals surface area contributed by atoms with Crippen LogP contribution in [0.1, 0.15) is 25.3 Å². The Balaban J connectivity index is 2.61. The lowest BCUT2D eigenvalue weighted by atomic mass is 10.2. The number of ketones is 1. The van der Waals surface area contributed by atoms with Gasteiger partial charge in [-0.15, -0.1) is 0 Å². The number of hydrogen-bond donors (Lipinski definition) is 0. The van der Waals surface area contributed by atoms with Gasteiger partial charge >= 0.3 is 5.97 Å². The second-order valence-corrected chi connectivity index (χ2v) is 3.62. The van der Waals surface area contributed by atoms with Crippen LogP contribution in [0, 0.1) is 10.1 Å². The van der Waals surface area contributed by atoms with Crippen molar-refractivity contribution in [2.75, 3.05) is 0 Å². The first-order chi connectivity index (χ1) is 8.54. The van der Waals surface area contributed by atoms with Crippen molar-refractivity contribution in [3.05, 3.63) is 39.9 Å². The molecule has 0 bridgehead atoms. The highest BCUT2D eigenvalue weighted by Gasteiger charge is 2.15. The Hall–Kier alpha value is -2.24. The van der Waals surface area contributed by atoms with Crippen LogP contribution in [0.25, 0.3) is 0 Å². The molecule has 0 aromatic heterocycles. The fourth-order valence-electron chi connectivity index (χ4n) is 1.31. The van der Waals surface area contributed by atoms with Crippen LogP contribution in [0.5, 0.6) is 0 Å². The summed E-state index contributed by atoms with van der Waals surface area (Å²) in [4.78, 5) is 32.4. The predicted octanol–water partition coefficient (Wildman–Crippen LogP) is 2.01. The lowest BCUT2D eigenvalue weighted by molar-refractivity contribution is -0.385. The first-order valence-electron chi connectivity index (χ1n) is 5.44. The molecule has 0 heterocycles. The van der Waals surface area contributed by atoms with Gasteiger partial charge in [0.2, 0.25) is 0 Å². The van der Waals surface area contributed by atoms with Crippen LogP contribution < -0.4 is 0 Å². The van der Waals surface area contributed by atoms with Gasteiger partial charge in [0.05, 0.1) is 10.5 Å². The van der Waals surface area contributed by atoms with E-state index in [-0.39, 0.29) is 30.9 Å². The lowest BCUT2D eigenvalue weighted by Gasteiger charge is -2.04. The molecule has 1 aromatic rings. The predicted molar refractivity (Wildman–Crippen MR) is 62.8 cm³/mol. The Kier molecular flexibility index (Phi) is 4.98. The summed E-state index contributed by atoms with van der Waals surface area (Å²) in [5, 5.41) is 10.7. The maximum absolute atomic E-state index is 11.3. The Morgan fingerprint density at radius 1 is 1.33 bits per heavy atom. The molecule has 96 valence electrons. The number of esters is 1. The van der Waals surface area contributed by atoms with Crippen LogP contribution >= 0.6 is 0 Å². The number of nitrogens with zero attached hydrogens (tertiary/aromatic N) is 1. The summed E-state index contributed by atoms with van der Waals surface area (Å²) in [6.07, 6.45) is -0.0300. The molecule has 0 unspecified atom stereocenters. The molecule has 0 amide bonds. The maximum atomic E-state index is 11.3. The molecule has 0 atom stereocenters. The number of Topliss-reactive ketones (excluding diaryl/α,β-unsaturated/α-hetero) is 1. The molecule has 0 fully saturated rings. The molecule has 0 aliphatic heterocycles. The second-order valence-electron chi connectivity index (χ2n) is 3.62. The number of rotatable bonds is 6. The van der Waals surface area contributed by atoms with Gasteiger partial charge in [0.1, 0.15) is 18.8 Å². The minimum atomic E-state index is -0.667. The number of carbonyl (C=O) groups is 2. The van der Waals surface area contributed by atoms with Gasteiger partial charge in [0.15, 0.2) is 0 Å². The summed E-state index contributed by atoms with van der Waals surface area (Å²) in [7, 11) is 0. The van der Waals surface area contributed by atoms with Crippen LogP contribution in [0.15, 0.2) is 24.3 Å². The molecule has 0 radical (unpaired) electrons. The van der Waals surface area contributed by atoms with E-state index in [0.29, 0.717) is 5.56 Å². The van der Waals surface area contributed by atoms with Gasteiger partial charge in [-0.05, 0) is 6.07 Å². The largest absolute Gasteiger partial charge is 0.460 e. The summed E-state index contributed by atoms with van der Waals surface area (Å²) in [5.41, 5.74) is 0.201. The third kappa shape index (κ3) is 3.97. The molecule has 18 heavy (non-hydrogen) atoms. The first kappa shape index (κ1) is 13.8. The first-order valence-corrected chi connectivity index (χ1v) is 5.44. The van der Waals surface area contributed by atoms with Gasteiger partial charge in [-0.25, -0.2) is 0 Å². The number of benzene rings is 1. The third-order valence-corrected chi connectivity index (χ3v) is 2.31. The van der Waals surface area contributed by atoms with Crippen molar-refractivity contribution in [1.82, 2.24) is 0 Å². The average molecular weight is 251 g/mol. The number of ether oxygens (including phenoxy) is 1. The van der Waals surface area contributed by atoms with Gasteiger partial charge < -0.3 is 4.74 Å². The van der Waals surface area contributed by atoms with Gasteiger partial charge in [0, 0.05) is 12.5 Å². The number of para-hydroxylation sites is 1. The minimum Gasteiger partial charge on any atom is -0.460 e. The van der Waals surface area contributed by atoms with Crippen LogP contribution in [0.4, 0.5) is 5.69 Å². The zero-order chi connectivity index (χ0) is 13.5. The normalized spacial score (nSPS) is 9.83. The number of nitro benzene ring substituents is 1. The summed E-state index contributed by atoms with van der Waals surface area (Å²) >= 11 is 0. The molecule has 6 nitrogen and oxygen atoms in total. The Morgan fingerprint density at radius 2 is 2.00 bits per heavy atom. The van der Waals surface area contributed by atoms with E-state index in [2.05, 4.69) is 0 Å². The van der Waals surface area contributed by atoms with E-state index in [0.717, 1.165) is 0 Å². The molecule has 0 aliphatic rings. The molecule has 6 heteroatoms. The van der Waals surface area contributed by atoms with Crippen molar-refractivity contribution in [2.45, 2.75) is 26.4 Å². The molecule has 0 spiro atoms. The highest BCUT2D eigenvalue weighted by molar-refractivity contribution is 5.95. The quantitative estimate of drug-likeness (QED) is 0.334. The zero-order valence-corrected chi connectivity index (χ0v) is 9.92. The van der Waals surface area contributed by atoms with Crippen molar-refractivity contribution in [2.24, 2.45) is 0 Å². The average Bonchev–Trinajstić information content (AvgIpc) is 2.36. The smallest absolute Gasteiger partial charge is 0.313 e. The van der Waals surface area contributed by atoms with E-state index in [4.69, 9.17) is 4.74 Å². The monoisotopic (exact) mass is 251 g/mol. The van der Waals surface area contributed by atoms with Crippen LogP contribution in [0.3, 0.4) is 0 Å². The molecule has 1 aromatic carbocycles. The minimum absolute atomic E-state index is 0.105. The second kappa shape index (κ2) is 6.48. The van der Waals surface area contributed by atoms with Crippen LogP contribution in [0.2, 0.25) is 0 Å². The fourth-order valence-corrected chi connectivity index (χ4v) is 1.31. The molecular formula is C12H13NO5. The van der Waals surface area contributed by atoms with Crippen LogP contribution in [-0.2, 0) is 20.9 Å². The Labute approximate surface area is 104 Å². The van der Waals surface area contributed by atoms with Crippen LogP contribution in [-0.4, -0.2) is 16.7 Å². The third-order valence-electron chi connectivity index (χ3n) is 2.31. The summed E-state index contributed by atoms with van der Waals surface area (Å²) < 4.78 is 4.83. The molecule has 1 rings (SSSR count). The molecule has 0 saturated carbocycles. The Bertz CT molecular complexity index is 469.